The van der Waals surface area contributed by atoms with Gasteiger partial charge in [-0.25, -0.2) is 13.8 Å². The Labute approximate surface area is 97.3 Å². The quantitative estimate of drug-likeness (QED) is 0.841. The molecule has 0 radical (unpaired) electrons. The van der Waals surface area contributed by atoms with E-state index < -0.39 is 11.6 Å². The second kappa shape index (κ2) is 4.37. The first-order valence-electron chi connectivity index (χ1n) is 5.00. The highest BCUT2D eigenvalue weighted by atomic mass is 19.1. The van der Waals surface area contributed by atoms with Crippen molar-refractivity contribution in [3.8, 4) is 0 Å². The third kappa shape index (κ3) is 2.50. The number of halogens is 2. The van der Waals surface area contributed by atoms with Crippen molar-refractivity contribution in [2.24, 2.45) is 0 Å². The van der Waals surface area contributed by atoms with Gasteiger partial charge in [0.15, 0.2) is 0 Å². The van der Waals surface area contributed by atoms with Crippen LogP contribution in [-0.4, -0.2) is 4.98 Å². The van der Waals surface area contributed by atoms with Crippen LogP contribution in [0.4, 0.5) is 26.0 Å². The molecule has 0 aliphatic rings. The molecule has 1 heterocycles. The van der Waals surface area contributed by atoms with E-state index >= 15 is 0 Å². The van der Waals surface area contributed by atoms with E-state index in [-0.39, 0.29) is 5.69 Å². The highest BCUT2D eigenvalue weighted by Crippen LogP contribution is 2.21. The average Bonchev–Trinajstić information content (AvgIpc) is 2.29. The number of nitrogens with one attached hydrogen (secondary N) is 1. The summed E-state index contributed by atoms with van der Waals surface area (Å²) in [4.78, 5) is 3.98. The van der Waals surface area contributed by atoms with E-state index in [2.05, 4.69) is 10.3 Å². The molecule has 0 saturated heterocycles. The molecular formula is C12H11F2N3. The summed E-state index contributed by atoms with van der Waals surface area (Å²) in [5.74, 6) is -0.634. The molecule has 0 fully saturated rings. The molecule has 88 valence electrons. The second-order valence-corrected chi connectivity index (χ2v) is 3.68. The van der Waals surface area contributed by atoms with Crippen molar-refractivity contribution in [2.75, 3.05) is 11.1 Å². The summed E-state index contributed by atoms with van der Waals surface area (Å²) in [5, 5.41) is 2.70. The van der Waals surface area contributed by atoms with Crippen LogP contribution in [0.25, 0.3) is 0 Å². The van der Waals surface area contributed by atoms with Crippen LogP contribution >= 0.6 is 0 Å². The van der Waals surface area contributed by atoms with Crippen molar-refractivity contribution in [2.45, 2.75) is 6.92 Å². The largest absolute Gasteiger partial charge is 0.397 e. The van der Waals surface area contributed by atoms with Crippen molar-refractivity contribution >= 4 is 17.2 Å². The monoisotopic (exact) mass is 235 g/mol. The van der Waals surface area contributed by atoms with Crippen LogP contribution < -0.4 is 11.1 Å². The van der Waals surface area contributed by atoms with E-state index in [9.17, 15) is 8.78 Å². The van der Waals surface area contributed by atoms with Crippen molar-refractivity contribution in [3.05, 3.63) is 47.7 Å². The van der Waals surface area contributed by atoms with Gasteiger partial charge in [-0.3, -0.25) is 0 Å². The Morgan fingerprint density at radius 2 is 2.00 bits per heavy atom. The Morgan fingerprint density at radius 1 is 1.24 bits per heavy atom. The van der Waals surface area contributed by atoms with Crippen LogP contribution in [0.2, 0.25) is 0 Å². The molecule has 1 aromatic carbocycles. The van der Waals surface area contributed by atoms with Crippen molar-refractivity contribution < 1.29 is 8.78 Å². The zero-order valence-electron chi connectivity index (χ0n) is 9.17. The lowest BCUT2D eigenvalue weighted by molar-refractivity contribution is 0.603. The molecule has 0 bridgehead atoms. The number of rotatable bonds is 2. The third-order valence-electron chi connectivity index (χ3n) is 2.34. The third-order valence-corrected chi connectivity index (χ3v) is 2.34. The molecule has 17 heavy (non-hydrogen) atoms. The zero-order valence-corrected chi connectivity index (χ0v) is 9.17. The molecule has 2 aromatic rings. The maximum Gasteiger partial charge on any atom is 0.146 e. The van der Waals surface area contributed by atoms with Gasteiger partial charge in [0.05, 0.1) is 17.6 Å². The first kappa shape index (κ1) is 11.3. The van der Waals surface area contributed by atoms with Gasteiger partial charge in [-0.15, -0.1) is 0 Å². The molecule has 0 saturated carbocycles. The lowest BCUT2D eigenvalue weighted by atomic mass is 10.2. The van der Waals surface area contributed by atoms with Gasteiger partial charge < -0.3 is 11.1 Å². The molecule has 2 rings (SSSR count). The summed E-state index contributed by atoms with van der Waals surface area (Å²) in [5.41, 5.74) is 7.02. The predicted octanol–water partition coefficient (Wildman–Crippen LogP) is 2.99. The number of anilines is 3. The minimum atomic E-state index is -0.539. The summed E-state index contributed by atoms with van der Waals surface area (Å²) in [7, 11) is 0. The first-order valence-corrected chi connectivity index (χ1v) is 5.00. The molecule has 0 atom stereocenters. The lowest BCUT2D eigenvalue weighted by Crippen LogP contribution is -1.99. The molecule has 3 nitrogen and oxygen atoms in total. The molecular weight excluding hydrogens is 224 g/mol. The predicted molar refractivity (Wildman–Crippen MR) is 63.0 cm³/mol. The standard InChI is InChI=1S/C12H11F2N3/c1-7-4-12(16-6-10(7)15)17-11-5-8(13)2-3-9(11)14/h2-6H,15H2,1H3,(H,16,17). The Bertz CT molecular complexity index is 555. The van der Waals surface area contributed by atoms with E-state index in [1.807, 2.05) is 6.92 Å². The Morgan fingerprint density at radius 3 is 2.71 bits per heavy atom. The molecule has 0 aliphatic carbocycles. The molecule has 3 N–H and O–H groups in total. The molecule has 5 heteroatoms. The number of hydrogen-bond acceptors (Lipinski definition) is 3. The van der Waals surface area contributed by atoms with Gasteiger partial charge in [0.2, 0.25) is 0 Å². The van der Waals surface area contributed by atoms with Gasteiger partial charge in [0.25, 0.3) is 0 Å². The lowest BCUT2D eigenvalue weighted by Gasteiger charge is -2.08. The van der Waals surface area contributed by atoms with E-state index in [4.69, 9.17) is 5.73 Å². The minimum absolute atomic E-state index is 0.0432. The van der Waals surface area contributed by atoms with Crippen LogP contribution in [0.3, 0.4) is 0 Å². The van der Waals surface area contributed by atoms with Crippen LogP contribution in [0.1, 0.15) is 5.56 Å². The molecule has 1 aromatic heterocycles. The summed E-state index contributed by atoms with van der Waals surface area (Å²) >= 11 is 0. The van der Waals surface area contributed by atoms with Gasteiger partial charge in [-0.1, -0.05) is 0 Å². The first-order chi connectivity index (χ1) is 8.06. The van der Waals surface area contributed by atoms with Crippen molar-refractivity contribution in [3.63, 3.8) is 0 Å². The van der Waals surface area contributed by atoms with E-state index in [1.54, 1.807) is 6.07 Å². The van der Waals surface area contributed by atoms with Crippen LogP contribution in [0.5, 0.6) is 0 Å². The Balaban J connectivity index is 2.31. The molecule has 0 unspecified atom stereocenters. The number of nitrogens with two attached hydrogens (primary N) is 1. The van der Waals surface area contributed by atoms with Crippen molar-refractivity contribution in [1.29, 1.82) is 0 Å². The minimum Gasteiger partial charge on any atom is -0.397 e. The second-order valence-electron chi connectivity index (χ2n) is 3.68. The van der Waals surface area contributed by atoms with Crippen LogP contribution in [-0.2, 0) is 0 Å². The number of nitrogen functional groups attached to an aromatic ring is 1. The maximum atomic E-state index is 13.4. The number of aryl methyl sites for hydroxylation is 1. The fourth-order valence-electron chi connectivity index (χ4n) is 1.37. The number of pyridine rings is 1. The number of hydrogen-bond donors (Lipinski definition) is 2. The van der Waals surface area contributed by atoms with Gasteiger partial charge in [-0.2, -0.15) is 0 Å². The van der Waals surface area contributed by atoms with Gasteiger partial charge in [-0.05, 0) is 30.7 Å². The number of aromatic nitrogens is 1. The summed E-state index contributed by atoms with van der Waals surface area (Å²) in [6, 6.07) is 4.85. The number of nitrogens with zero attached hydrogens (tertiary/aromatic N) is 1. The van der Waals surface area contributed by atoms with E-state index in [0.717, 1.165) is 23.8 Å². The van der Waals surface area contributed by atoms with Gasteiger partial charge in [0.1, 0.15) is 17.5 Å². The number of benzene rings is 1. The summed E-state index contributed by atoms with van der Waals surface area (Å²) in [6.45, 7) is 1.81. The summed E-state index contributed by atoms with van der Waals surface area (Å²) in [6.07, 6.45) is 1.47. The molecule has 0 spiro atoms. The van der Waals surface area contributed by atoms with Gasteiger partial charge in [0, 0.05) is 6.07 Å². The highest BCUT2D eigenvalue weighted by Gasteiger charge is 2.05. The molecule has 0 amide bonds. The normalized spacial score (nSPS) is 10.3. The Kier molecular flexibility index (Phi) is 2.91. The smallest absolute Gasteiger partial charge is 0.146 e. The van der Waals surface area contributed by atoms with Crippen LogP contribution in [0.15, 0.2) is 30.5 Å². The topological polar surface area (TPSA) is 50.9 Å². The Hall–Kier alpha value is -2.17. The fourth-order valence-corrected chi connectivity index (χ4v) is 1.37. The SMILES string of the molecule is Cc1cc(Nc2cc(F)ccc2F)ncc1N. The van der Waals surface area contributed by atoms with Crippen LogP contribution in [0, 0.1) is 18.6 Å². The fraction of sp³-hybridized carbons (Fsp3) is 0.0833. The maximum absolute atomic E-state index is 13.4. The van der Waals surface area contributed by atoms with Gasteiger partial charge >= 0.3 is 0 Å². The van der Waals surface area contributed by atoms with E-state index in [1.165, 1.54) is 6.20 Å². The highest BCUT2D eigenvalue weighted by molar-refractivity contribution is 5.60. The molecule has 0 aliphatic heterocycles. The summed E-state index contributed by atoms with van der Waals surface area (Å²) < 4.78 is 26.3. The van der Waals surface area contributed by atoms with Crippen molar-refractivity contribution in [1.82, 2.24) is 4.98 Å². The zero-order chi connectivity index (χ0) is 12.4. The average molecular weight is 235 g/mol. The van der Waals surface area contributed by atoms with E-state index in [0.29, 0.717) is 11.5 Å².